The third kappa shape index (κ3) is 1.92. The second-order valence-electron chi connectivity index (χ2n) is 2.15. The molecule has 0 unspecified atom stereocenters. The van der Waals surface area contributed by atoms with Gasteiger partial charge in [-0.15, -0.1) is 0 Å². The monoisotopic (exact) mass is 124 g/mol. The van der Waals surface area contributed by atoms with Crippen molar-refractivity contribution in [2.45, 2.75) is 26.2 Å². The Balaban J connectivity index is 2.26. The van der Waals surface area contributed by atoms with Gasteiger partial charge < -0.3 is 4.74 Å². The van der Waals surface area contributed by atoms with Gasteiger partial charge >= 0.3 is 0 Å². The van der Waals surface area contributed by atoms with Gasteiger partial charge in [-0.2, -0.15) is 0 Å². The summed E-state index contributed by atoms with van der Waals surface area (Å²) in [6, 6.07) is 0. The van der Waals surface area contributed by atoms with Crippen molar-refractivity contribution in [2.24, 2.45) is 0 Å². The Kier molecular flexibility index (Phi) is 2.37. The number of hydrogen-bond donors (Lipinski definition) is 0. The summed E-state index contributed by atoms with van der Waals surface area (Å²) in [5.41, 5.74) is 0. The predicted octanol–water partition coefficient (Wildman–Crippen LogP) is 2.60. The molecule has 0 spiro atoms. The second-order valence-corrected chi connectivity index (χ2v) is 2.15. The summed E-state index contributed by atoms with van der Waals surface area (Å²) >= 11 is 0. The maximum Gasteiger partial charge on any atom is 0.103 e. The van der Waals surface area contributed by atoms with Crippen molar-refractivity contribution in [2.75, 3.05) is 0 Å². The van der Waals surface area contributed by atoms with Crippen LogP contribution in [0.15, 0.2) is 24.2 Å². The van der Waals surface area contributed by atoms with E-state index in [0.29, 0.717) is 0 Å². The zero-order chi connectivity index (χ0) is 6.53. The average Bonchev–Trinajstić information content (AvgIpc) is 2.34. The smallest absolute Gasteiger partial charge is 0.103 e. The SMILES string of the molecule is CCCC=C1CC=CO1. The Morgan fingerprint density at radius 3 is 3.22 bits per heavy atom. The first kappa shape index (κ1) is 6.40. The minimum atomic E-state index is 0.986. The lowest BCUT2D eigenvalue weighted by molar-refractivity contribution is 0.364. The number of hydrogen-bond acceptors (Lipinski definition) is 1. The van der Waals surface area contributed by atoms with E-state index in [1.165, 1.54) is 6.42 Å². The normalized spacial score (nSPS) is 20.8. The molecule has 0 radical (unpaired) electrons. The van der Waals surface area contributed by atoms with E-state index in [-0.39, 0.29) is 0 Å². The van der Waals surface area contributed by atoms with Crippen LogP contribution >= 0.6 is 0 Å². The van der Waals surface area contributed by atoms with Gasteiger partial charge in [-0.05, 0) is 18.6 Å². The molecule has 0 aromatic carbocycles. The van der Waals surface area contributed by atoms with E-state index in [4.69, 9.17) is 4.74 Å². The molecule has 1 rings (SSSR count). The standard InChI is InChI=1S/C8H12O/c1-2-3-5-8-6-4-7-9-8/h4-5,7H,2-3,6H2,1H3. The molecule has 9 heavy (non-hydrogen) atoms. The van der Waals surface area contributed by atoms with Gasteiger partial charge in [0.25, 0.3) is 0 Å². The van der Waals surface area contributed by atoms with Gasteiger partial charge in [-0.3, -0.25) is 0 Å². The molecule has 1 aliphatic rings. The second kappa shape index (κ2) is 3.33. The van der Waals surface area contributed by atoms with E-state index in [2.05, 4.69) is 13.0 Å². The van der Waals surface area contributed by atoms with Crippen molar-refractivity contribution in [1.29, 1.82) is 0 Å². The largest absolute Gasteiger partial charge is 0.470 e. The lowest BCUT2D eigenvalue weighted by atomic mass is 10.2. The third-order valence-corrected chi connectivity index (χ3v) is 1.30. The van der Waals surface area contributed by atoms with Gasteiger partial charge in [0.15, 0.2) is 0 Å². The summed E-state index contributed by atoms with van der Waals surface area (Å²) in [6.07, 6.45) is 9.26. The van der Waals surface area contributed by atoms with Crippen molar-refractivity contribution in [3.05, 3.63) is 24.2 Å². The molecule has 0 aliphatic carbocycles. The van der Waals surface area contributed by atoms with Crippen LogP contribution in [0.1, 0.15) is 26.2 Å². The fourth-order valence-corrected chi connectivity index (χ4v) is 0.785. The summed E-state index contributed by atoms with van der Waals surface area (Å²) in [5, 5.41) is 0. The first-order valence-electron chi connectivity index (χ1n) is 3.44. The van der Waals surface area contributed by atoms with Crippen LogP contribution in [0.2, 0.25) is 0 Å². The highest BCUT2D eigenvalue weighted by atomic mass is 16.5. The highest BCUT2D eigenvalue weighted by Gasteiger charge is 1.97. The quantitative estimate of drug-likeness (QED) is 0.549. The zero-order valence-electron chi connectivity index (χ0n) is 5.76. The van der Waals surface area contributed by atoms with Gasteiger partial charge in [-0.25, -0.2) is 0 Å². The molecule has 0 amide bonds. The third-order valence-electron chi connectivity index (χ3n) is 1.30. The van der Waals surface area contributed by atoms with E-state index in [0.717, 1.165) is 18.6 Å². The molecule has 50 valence electrons. The van der Waals surface area contributed by atoms with E-state index < -0.39 is 0 Å². The molecule has 0 aromatic heterocycles. The fraction of sp³-hybridized carbons (Fsp3) is 0.500. The van der Waals surface area contributed by atoms with Crippen LogP contribution in [0.5, 0.6) is 0 Å². The lowest BCUT2D eigenvalue weighted by Crippen LogP contribution is -1.75. The highest BCUT2D eigenvalue weighted by Crippen LogP contribution is 2.13. The maximum atomic E-state index is 5.14. The predicted molar refractivity (Wildman–Crippen MR) is 37.8 cm³/mol. The Morgan fingerprint density at radius 1 is 1.78 bits per heavy atom. The molecule has 0 saturated heterocycles. The van der Waals surface area contributed by atoms with Crippen molar-refractivity contribution in [3.8, 4) is 0 Å². The van der Waals surface area contributed by atoms with Crippen molar-refractivity contribution in [3.63, 3.8) is 0 Å². The zero-order valence-corrected chi connectivity index (χ0v) is 5.76. The van der Waals surface area contributed by atoms with Gasteiger partial charge in [0.05, 0.1) is 6.26 Å². The van der Waals surface area contributed by atoms with Crippen molar-refractivity contribution in [1.82, 2.24) is 0 Å². The number of allylic oxidation sites excluding steroid dienone is 2. The Labute approximate surface area is 56.0 Å². The van der Waals surface area contributed by atoms with Gasteiger partial charge in [0, 0.05) is 6.42 Å². The molecule has 0 bridgehead atoms. The number of rotatable bonds is 2. The minimum Gasteiger partial charge on any atom is -0.470 e. The van der Waals surface area contributed by atoms with Crippen LogP contribution in [0, 0.1) is 0 Å². The molecule has 1 nitrogen and oxygen atoms in total. The molecule has 0 saturated carbocycles. The van der Waals surface area contributed by atoms with E-state index >= 15 is 0 Å². The van der Waals surface area contributed by atoms with Crippen LogP contribution < -0.4 is 0 Å². The van der Waals surface area contributed by atoms with Gasteiger partial charge in [0.1, 0.15) is 5.76 Å². The molecular weight excluding hydrogens is 112 g/mol. The number of unbranched alkanes of at least 4 members (excludes halogenated alkanes) is 1. The average molecular weight is 124 g/mol. The molecule has 1 aliphatic heterocycles. The Morgan fingerprint density at radius 2 is 2.67 bits per heavy atom. The van der Waals surface area contributed by atoms with E-state index in [9.17, 15) is 0 Å². The van der Waals surface area contributed by atoms with Gasteiger partial charge in [-0.1, -0.05) is 13.3 Å². The van der Waals surface area contributed by atoms with Crippen molar-refractivity contribution < 1.29 is 4.74 Å². The molecule has 0 N–H and O–H groups in total. The van der Waals surface area contributed by atoms with E-state index in [1.54, 1.807) is 6.26 Å². The Hall–Kier alpha value is -0.720. The fourth-order valence-electron chi connectivity index (χ4n) is 0.785. The summed E-state index contributed by atoms with van der Waals surface area (Å²) < 4.78 is 5.14. The molecule has 1 heteroatoms. The summed E-state index contributed by atoms with van der Waals surface area (Å²) in [5.74, 6) is 1.11. The molecule has 0 fully saturated rings. The van der Waals surface area contributed by atoms with Crippen LogP contribution in [-0.2, 0) is 4.74 Å². The topological polar surface area (TPSA) is 9.23 Å². The van der Waals surface area contributed by atoms with Crippen LogP contribution in [0.25, 0.3) is 0 Å². The maximum absolute atomic E-state index is 5.14. The molecule has 1 heterocycles. The summed E-state index contributed by atoms with van der Waals surface area (Å²) in [4.78, 5) is 0. The summed E-state index contributed by atoms with van der Waals surface area (Å²) in [6.45, 7) is 2.17. The van der Waals surface area contributed by atoms with E-state index in [1.807, 2.05) is 6.08 Å². The minimum absolute atomic E-state index is 0.986. The molecule has 0 aromatic rings. The lowest BCUT2D eigenvalue weighted by Gasteiger charge is -1.94. The molecular formula is C8H12O. The first-order valence-corrected chi connectivity index (χ1v) is 3.44. The summed E-state index contributed by atoms with van der Waals surface area (Å²) in [7, 11) is 0. The van der Waals surface area contributed by atoms with Crippen LogP contribution in [-0.4, -0.2) is 0 Å². The van der Waals surface area contributed by atoms with Crippen LogP contribution in [0.4, 0.5) is 0 Å². The van der Waals surface area contributed by atoms with Crippen molar-refractivity contribution >= 4 is 0 Å². The Bertz CT molecular complexity index is 124. The molecule has 0 atom stereocenters. The van der Waals surface area contributed by atoms with Gasteiger partial charge in [0.2, 0.25) is 0 Å². The number of ether oxygens (including phenoxy) is 1. The van der Waals surface area contributed by atoms with Crippen LogP contribution in [0.3, 0.4) is 0 Å². The highest BCUT2D eigenvalue weighted by molar-refractivity contribution is 5.06. The first-order chi connectivity index (χ1) is 4.43.